The minimum Gasteiger partial charge on any atom is -0.497 e. The zero-order valence-electron chi connectivity index (χ0n) is 13.4. The van der Waals surface area contributed by atoms with Gasteiger partial charge in [0, 0.05) is 5.57 Å². The number of aliphatic imine (C=N–C) groups is 1. The molecule has 0 fully saturated rings. The van der Waals surface area contributed by atoms with Crippen molar-refractivity contribution in [1.82, 2.24) is 0 Å². The normalized spacial score (nSPS) is 17.4. The van der Waals surface area contributed by atoms with Crippen LogP contribution in [-0.2, 0) is 19.1 Å². The smallest absolute Gasteiger partial charge is 0.349 e. The van der Waals surface area contributed by atoms with Crippen LogP contribution in [0.2, 0.25) is 0 Å². The number of allylic oxidation sites excluding steroid dienone is 2. The molecule has 0 aromatic heterocycles. The van der Waals surface area contributed by atoms with E-state index in [0.29, 0.717) is 17.1 Å². The quantitative estimate of drug-likeness (QED) is 0.264. The lowest BCUT2D eigenvalue weighted by molar-refractivity contribution is -0.145. The largest absolute Gasteiger partial charge is 0.497 e. The number of carbonyl (C=O) groups is 2. The maximum absolute atomic E-state index is 12.1. The van der Waals surface area contributed by atoms with E-state index in [2.05, 4.69) is 11.6 Å². The first kappa shape index (κ1) is 17.2. The fourth-order valence-corrected chi connectivity index (χ4v) is 1.83. The van der Waals surface area contributed by atoms with Crippen molar-refractivity contribution in [2.24, 2.45) is 4.99 Å². The van der Waals surface area contributed by atoms with Crippen LogP contribution in [0.5, 0.6) is 5.75 Å². The monoisotopic (exact) mass is 327 g/mol. The molecule has 0 unspecified atom stereocenters. The van der Waals surface area contributed by atoms with Crippen LogP contribution in [0.4, 0.5) is 0 Å². The van der Waals surface area contributed by atoms with E-state index in [1.165, 1.54) is 7.11 Å². The SMILES string of the molecule is C=C(/C=C\C(=C/C)C1=N[C@@H](C(=O)Oc2ccccc2)C(=O)O1)OC. The minimum atomic E-state index is -1.34. The summed E-state index contributed by atoms with van der Waals surface area (Å²) in [6, 6.07) is 7.11. The number of rotatable bonds is 6. The molecule has 0 saturated carbocycles. The van der Waals surface area contributed by atoms with Gasteiger partial charge in [-0.3, -0.25) is 0 Å². The minimum absolute atomic E-state index is 0.0534. The van der Waals surface area contributed by atoms with E-state index in [0.717, 1.165) is 0 Å². The average molecular weight is 327 g/mol. The summed E-state index contributed by atoms with van der Waals surface area (Å²) in [5, 5.41) is 0. The maximum Gasteiger partial charge on any atom is 0.349 e. The van der Waals surface area contributed by atoms with Gasteiger partial charge in [-0.2, -0.15) is 0 Å². The van der Waals surface area contributed by atoms with Gasteiger partial charge in [0.25, 0.3) is 0 Å². The molecular weight excluding hydrogens is 310 g/mol. The highest BCUT2D eigenvalue weighted by atomic mass is 16.6. The second kappa shape index (κ2) is 7.92. The van der Waals surface area contributed by atoms with E-state index in [9.17, 15) is 9.59 Å². The van der Waals surface area contributed by atoms with Crippen LogP contribution >= 0.6 is 0 Å². The summed E-state index contributed by atoms with van der Waals surface area (Å²) in [5.74, 6) is -0.746. The topological polar surface area (TPSA) is 74.2 Å². The van der Waals surface area contributed by atoms with Gasteiger partial charge in [-0.1, -0.05) is 30.9 Å². The van der Waals surface area contributed by atoms with Crippen molar-refractivity contribution < 1.29 is 23.8 Å². The first-order valence-corrected chi connectivity index (χ1v) is 7.19. The first-order chi connectivity index (χ1) is 11.5. The molecule has 124 valence electrons. The molecule has 0 N–H and O–H groups in total. The van der Waals surface area contributed by atoms with E-state index in [-0.39, 0.29) is 5.90 Å². The Morgan fingerprint density at radius 2 is 2.00 bits per heavy atom. The zero-order valence-corrected chi connectivity index (χ0v) is 13.4. The number of carbonyl (C=O) groups excluding carboxylic acids is 2. The number of esters is 2. The van der Waals surface area contributed by atoms with Gasteiger partial charge in [0.2, 0.25) is 11.9 Å². The third-order valence-electron chi connectivity index (χ3n) is 3.12. The summed E-state index contributed by atoms with van der Waals surface area (Å²) < 4.78 is 15.1. The summed E-state index contributed by atoms with van der Waals surface area (Å²) in [6.45, 7) is 5.40. The number of nitrogens with zero attached hydrogens (tertiary/aromatic N) is 1. The Morgan fingerprint density at radius 1 is 1.29 bits per heavy atom. The van der Waals surface area contributed by atoms with Crippen LogP contribution in [-0.4, -0.2) is 31.0 Å². The summed E-state index contributed by atoms with van der Waals surface area (Å²) in [7, 11) is 1.49. The standard InChI is InChI=1S/C18H17NO5/c1-4-13(11-10-12(2)22-3)16-19-15(18(21)24-16)17(20)23-14-8-6-5-7-9-14/h4-11,15H,2H2,1,3H3/b11-10-,13-4+/t15-/m0/s1. The number of hydrogen-bond acceptors (Lipinski definition) is 6. The molecule has 0 radical (unpaired) electrons. The predicted molar refractivity (Wildman–Crippen MR) is 88.4 cm³/mol. The lowest BCUT2D eigenvalue weighted by Crippen LogP contribution is -2.29. The fraction of sp³-hybridized carbons (Fsp3) is 0.167. The van der Waals surface area contributed by atoms with Crippen LogP contribution in [0.3, 0.4) is 0 Å². The zero-order chi connectivity index (χ0) is 17.5. The van der Waals surface area contributed by atoms with Crippen LogP contribution in [0.25, 0.3) is 0 Å². The van der Waals surface area contributed by atoms with Gasteiger partial charge < -0.3 is 14.2 Å². The molecule has 0 spiro atoms. The summed E-state index contributed by atoms with van der Waals surface area (Å²) in [5.41, 5.74) is 0.525. The third kappa shape index (κ3) is 4.19. The lowest BCUT2D eigenvalue weighted by Gasteiger charge is -2.04. The molecular formula is C18H17NO5. The van der Waals surface area contributed by atoms with Gasteiger partial charge in [0.15, 0.2) is 0 Å². The second-order valence-corrected chi connectivity index (χ2v) is 4.74. The van der Waals surface area contributed by atoms with Crippen molar-refractivity contribution in [1.29, 1.82) is 0 Å². The molecule has 6 heteroatoms. The lowest BCUT2D eigenvalue weighted by atomic mass is 10.2. The number of hydrogen-bond donors (Lipinski definition) is 0. The van der Waals surface area contributed by atoms with Gasteiger partial charge in [-0.15, -0.1) is 0 Å². The van der Waals surface area contributed by atoms with E-state index in [1.54, 1.807) is 55.5 Å². The summed E-state index contributed by atoms with van der Waals surface area (Å²) >= 11 is 0. The Bertz CT molecular complexity index is 731. The molecule has 1 aliphatic heterocycles. The van der Waals surface area contributed by atoms with E-state index in [4.69, 9.17) is 14.2 Å². The maximum atomic E-state index is 12.1. The highest BCUT2D eigenvalue weighted by molar-refractivity contribution is 6.14. The average Bonchev–Trinajstić information content (AvgIpc) is 2.98. The molecule has 0 bridgehead atoms. The summed E-state index contributed by atoms with van der Waals surface area (Å²) in [6.07, 6.45) is 4.92. The van der Waals surface area contributed by atoms with Crippen LogP contribution in [0, 0.1) is 0 Å². The van der Waals surface area contributed by atoms with Gasteiger partial charge in [0.05, 0.1) is 7.11 Å². The van der Waals surface area contributed by atoms with Crippen LogP contribution in [0.15, 0.2) is 71.5 Å². The Kier molecular flexibility index (Phi) is 5.68. The number of benzene rings is 1. The Balaban J connectivity index is 2.12. The second-order valence-electron chi connectivity index (χ2n) is 4.74. The Labute approximate surface area is 139 Å². The summed E-state index contributed by atoms with van der Waals surface area (Å²) in [4.78, 5) is 28.0. The van der Waals surface area contributed by atoms with Crippen molar-refractivity contribution in [2.75, 3.05) is 7.11 Å². The van der Waals surface area contributed by atoms with Crippen molar-refractivity contribution in [3.63, 3.8) is 0 Å². The van der Waals surface area contributed by atoms with Crippen LogP contribution in [0.1, 0.15) is 6.92 Å². The van der Waals surface area contributed by atoms with Gasteiger partial charge >= 0.3 is 11.9 Å². The van der Waals surface area contributed by atoms with Crippen molar-refractivity contribution >= 4 is 17.8 Å². The molecule has 0 amide bonds. The van der Waals surface area contributed by atoms with Gasteiger partial charge in [-0.25, -0.2) is 14.6 Å². The molecule has 24 heavy (non-hydrogen) atoms. The van der Waals surface area contributed by atoms with E-state index in [1.807, 2.05) is 0 Å². The predicted octanol–water partition coefficient (Wildman–Crippen LogP) is 2.58. The molecule has 1 heterocycles. The number of para-hydroxylation sites is 1. The highest BCUT2D eigenvalue weighted by Crippen LogP contribution is 2.17. The highest BCUT2D eigenvalue weighted by Gasteiger charge is 2.37. The first-order valence-electron chi connectivity index (χ1n) is 7.19. The van der Waals surface area contributed by atoms with Crippen molar-refractivity contribution in [3.05, 3.63) is 66.5 Å². The van der Waals surface area contributed by atoms with Crippen LogP contribution < -0.4 is 4.74 Å². The van der Waals surface area contributed by atoms with E-state index < -0.39 is 18.0 Å². The molecule has 1 atom stereocenters. The molecule has 1 aromatic rings. The number of ether oxygens (including phenoxy) is 3. The fourth-order valence-electron chi connectivity index (χ4n) is 1.83. The number of methoxy groups -OCH3 is 1. The molecule has 6 nitrogen and oxygen atoms in total. The number of cyclic esters (lactones) is 1. The van der Waals surface area contributed by atoms with Crippen molar-refractivity contribution in [3.8, 4) is 5.75 Å². The van der Waals surface area contributed by atoms with Crippen molar-refractivity contribution in [2.45, 2.75) is 13.0 Å². The Morgan fingerprint density at radius 3 is 2.62 bits per heavy atom. The van der Waals surface area contributed by atoms with Gasteiger partial charge in [0.1, 0.15) is 11.5 Å². The molecule has 1 aromatic carbocycles. The Hall–Kier alpha value is -3.15. The third-order valence-corrected chi connectivity index (χ3v) is 3.12. The molecule has 2 rings (SSSR count). The molecule has 0 saturated heterocycles. The molecule has 0 aliphatic carbocycles. The van der Waals surface area contributed by atoms with E-state index >= 15 is 0 Å². The van der Waals surface area contributed by atoms with Gasteiger partial charge in [-0.05, 0) is 31.2 Å². The molecule has 1 aliphatic rings.